The van der Waals surface area contributed by atoms with E-state index < -0.39 is 0 Å². The predicted molar refractivity (Wildman–Crippen MR) is 214 cm³/mol. The summed E-state index contributed by atoms with van der Waals surface area (Å²) in [6.07, 6.45) is 0. The molecule has 53 heavy (non-hydrogen) atoms. The number of para-hydroxylation sites is 1. The molecule has 10 aromatic rings. The first-order valence-electron chi connectivity index (χ1n) is 17.9. The van der Waals surface area contributed by atoms with Crippen LogP contribution >= 0.6 is 0 Å². The zero-order chi connectivity index (χ0) is 35.3. The van der Waals surface area contributed by atoms with Crippen molar-refractivity contribution in [3.05, 3.63) is 163 Å². The summed E-state index contributed by atoms with van der Waals surface area (Å²) in [7, 11) is 0. The number of rotatable bonds is 4. The molecule has 7 aromatic carbocycles. The minimum absolute atomic E-state index is 0.0797. The largest absolute Gasteiger partial charge is 0.456 e. The molecule has 1 aliphatic carbocycles. The molecule has 3 aromatic heterocycles. The lowest BCUT2D eigenvalue weighted by Gasteiger charge is -2.22. The summed E-state index contributed by atoms with van der Waals surface area (Å²) in [4.78, 5) is 15.3. The van der Waals surface area contributed by atoms with E-state index in [9.17, 15) is 0 Å². The van der Waals surface area contributed by atoms with Crippen LogP contribution in [-0.2, 0) is 5.41 Å². The molecule has 0 spiro atoms. The van der Waals surface area contributed by atoms with Gasteiger partial charge >= 0.3 is 0 Å². The van der Waals surface area contributed by atoms with Crippen molar-refractivity contribution in [3.63, 3.8) is 0 Å². The van der Waals surface area contributed by atoms with E-state index in [0.717, 1.165) is 66.1 Å². The fraction of sp³-hybridized carbons (Fsp3) is 0.0625. The highest BCUT2D eigenvalue weighted by Gasteiger charge is 2.35. The van der Waals surface area contributed by atoms with Crippen LogP contribution in [0.25, 0.3) is 100 Å². The van der Waals surface area contributed by atoms with Crippen LogP contribution in [-0.4, -0.2) is 15.0 Å². The zero-order valence-electron chi connectivity index (χ0n) is 29.1. The van der Waals surface area contributed by atoms with Crippen LogP contribution in [0, 0.1) is 0 Å². The molecule has 0 fully saturated rings. The van der Waals surface area contributed by atoms with Crippen LogP contribution < -0.4 is 0 Å². The number of hydrogen-bond donors (Lipinski definition) is 0. The van der Waals surface area contributed by atoms with Gasteiger partial charge in [-0.25, -0.2) is 15.0 Å². The smallest absolute Gasteiger partial charge is 0.164 e. The maximum absolute atomic E-state index is 6.48. The van der Waals surface area contributed by atoms with Gasteiger partial charge in [0.1, 0.15) is 22.3 Å². The number of nitrogens with zero attached hydrogens (tertiary/aromatic N) is 3. The van der Waals surface area contributed by atoms with E-state index in [1.165, 1.54) is 27.8 Å². The van der Waals surface area contributed by atoms with Crippen molar-refractivity contribution in [3.8, 4) is 56.4 Å². The highest BCUT2D eigenvalue weighted by atomic mass is 16.3. The summed E-state index contributed by atoms with van der Waals surface area (Å²) >= 11 is 0. The molecule has 0 aliphatic heterocycles. The number of benzene rings is 7. The van der Waals surface area contributed by atoms with E-state index in [1.54, 1.807) is 0 Å². The van der Waals surface area contributed by atoms with Gasteiger partial charge < -0.3 is 8.83 Å². The summed E-state index contributed by atoms with van der Waals surface area (Å²) in [5.41, 5.74) is 13.6. The normalized spacial score (nSPS) is 13.2. The van der Waals surface area contributed by atoms with Crippen molar-refractivity contribution in [1.82, 2.24) is 15.0 Å². The molecule has 0 N–H and O–H groups in total. The molecule has 0 saturated heterocycles. The summed E-state index contributed by atoms with van der Waals surface area (Å²) < 4.78 is 12.6. The number of fused-ring (bicyclic) bond motifs is 9. The monoisotopic (exact) mass is 681 g/mol. The van der Waals surface area contributed by atoms with Gasteiger partial charge in [-0.05, 0) is 81.9 Å². The third-order valence-corrected chi connectivity index (χ3v) is 11.0. The van der Waals surface area contributed by atoms with Crippen LogP contribution in [0.15, 0.2) is 160 Å². The second-order valence-corrected chi connectivity index (χ2v) is 14.4. The Morgan fingerprint density at radius 2 is 0.962 bits per heavy atom. The van der Waals surface area contributed by atoms with E-state index in [0.29, 0.717) is 17.5 Å². The minimum Gasteiger partial charge on any atom is -0.456 e. The van der Waals surface area contributed by atoms with Crippen LogP contribution in [0.2, 0.25) is 0 Å². The Morgan fingerprint density at radius 1 is 0.377 bits per heavy atom. The molecule has 5 heteroatoms. The van der Waals surface area contributed by atoms with Crippen LogP contribution in [0.1, 0.15) is 25.0 Å². The second kappa shape index (κ2) is 11.1. The fourth-order valence-electron chi connectivity index (χ4n) is 8.28. The van der Waals surface area contributed by atoms with Crippen molar-refractivity contribution in [2.24, 2.45) is 0 Å². The minimum atomic E-state index is -0.0797. The van der Waals surface area contributed by atoms with Gasteiger partial charge in [0, 0.05) is 43.7 Å². The Labute approximate surface area is 305 Å². The Kier molecular flexibility index (Phi) is 6.23. The van der Waals surface area contributed by atoms with Gasteiger partial charge in [0.15, 0.2) is 17.5 Å². The first-order valence-corrected chi connectivity index (χ1v) is 17.9. The third-order valence-electron chi connectivity index (χ3n) is 11.0. The molecule has 0 unspecified atom stereocenters. The zero-order valence-corrected chi connectivity index (χ0v) is 29.1. The van der Waals surface area contributed by atoms with Gasteiger partial charge in [0.25, 0.3) is 0 Å². The summed E-state index contributed by atoms with van der Waals surface area (Å²) in [5, 5.41) is 4.08. The summed E-state index contributed by atoms with van der Waals surface area (Å²) in [6.45, 7) is 4.64. The molecule has 5 nitrogen and oxygen atoms in total. The highest BCUT2D eigenvalue weighted by Crippen LogP contribution is 2.50. The molecule has 0 amide bonds. The predicted octanol–water partition coefficient (Wildman–Crippen LogP) is 12.6. The van der Waals surface area contributed by atoms with Crippen molar-refractivity contribution >= 4 is 43.9 Å². The van der Waals surface area contributed by atoms with Gasteiger partial charge in [0.05, 0.1) is 0 Å². The number of hydrogen-bond acceptors (Lipinski definition) is 5. The summed E-state index contributed by atoms with van der Waals surface area (Å²) in [5.74, 6) is 1.78. The topological polar surface area (TPSA) is 65.0 Å². The van der Waals surface area contributed by atoms with Crippen molar-refractivity contribution in [2.75, 3.05) is 0 Å². The van der Waals surface area contributed by atoms with Gasteiger partial charge in [-0.15, -0.1) is 0 Å². The molecular weight excluding hydrogens is 651 g/mol. The van der Waals surface area contributed by atoms with Crippen molar-refractivity contribution < 1.29 is 8.83 Å². The maximum atomic E-state index is 6.48. The van der Waals surface area contributed by atoms with Crippen LogP contribution in [0.5, 0.6) is 0 Å². The Hall–Kier alpha value is -6.85. The molecule has 1 aliphatic rings. The van der Waals surface area contributed by atoms with Gasteiger partial charge in [-0.1, -0.05) is 117 Å². The maximum Gasteiger partial charge on any atom is 0.164 e. The highest BCUT2D eigenvalue weighted by molar-refractivity contribution is 6.13. The van der Waals surface area contributed by atoms with Crippen molar-refractivity contribution in [2.45, 2.75) is 19.3 Å². The molecule has 250 valence electrons. The molecule has 11 rings (SSSR count). The lowest BCUT2D eigenvalue weighted by Crippen LogP contribution is -2.14. The quantitative estimate of drug-likeness (QED) is 0.185. The average Bonchev–Trinajstić information content (AvgIpc) is 3.85. The molecule has 0 saturated carbocycles. The number of furan rings is 2. The van der Waals surface area contributed by atoms with E-state index in [2.05, 4.69) is 92.7 Å². The molecule has 0 radical (unpaired) electrons. The Balaban J connectivity index is 1.09. The summed E-state index contributed by atoms with van der Waals surface area (Å²) in [6, 6.07) is 52.6. The molecular formula is C48H31N3O2. The molecule has 0 atom stereocenters. The first-order chi connectivity index (χ1) is 26.0. The van der Waals surface area contributed by atoms with Crippen molar-refractivity contribution in [1.29, 1.82) is 0 Å². The van der Waals surface area contributed by atoms with Gasteiger partial charge in [-0.3, -0.25) is 0 Å². The molecule has 3 heterocycles. The van der Waals surface area contributed by atoms with Crippen LogP contribution in [0.4, 0.5) is 0 Å². The number of aromatic nitrogens is 3. The van der Waals surface area contributed by atoms with E-state index in [-0.39, 0.29) is 5.41 Å². The third kappa shape index (κ3) is 4.54. The van der Waals surface area contributed by atoms with E-state index in [1.807, 2.05) is 72.8 Å². The average molecular weight is 682 g/mol. The van der Waals surface area contributed by atoms with Crippen LogP contribution in [0.3, 0.4) is 0 Å². The Morgan fingerprint density at radius 3 is 1.85 bits per heavy atom. The Bertz CT molecular complexity index is 3100. The fourth-order valence-corrected chi connectivity index (χ4v) is 8.28. The van der Waals surface area contributed by atoms with Gasteiger partial charge in [-0.2, -0.15) is 0 Å². The lowest BCUT2D eigenvalue weighted by molar-refractivity contribution is 0.660. The standard InChI is InChI=1S/C48H31N3O2/c1-48(2)38-16-8-6-13-32(38)33-22-19-30(27-39(33)48)29-20-23-42-37(25-29)44-35(15-10-18-43(44)53-42)47-50-45(28-11-4-3-5-12-28)49-46(51-47)31-21-24-41-36(26-31)34-14-7-9-17-40(34)52-41/h3-27H,1-2H3. The molecule has 0 bridgehead atoms. The van der Waals surface area contributed by atoms with E-state index in [4.69, 9.17) is 23.8 Å². The lowest BCUT2D eigenvalue weighted by atomic mass is 9.81. The first kappa shape index (κ1) is 29.8. The van der Waals surface area contributed by atoms with E-state index >= 15 is 0 Å². The SMILES string of the molecule is CC1(C)c2ccccc2-c2ccc(-c3ccc4oc5cccc(-c6nc(-c7ccccc7)nc(-c7ccc8oc9ccccc9c8c7)n6)c5c4c3)cc21. The van der Waals surface area contributed by atoms with Gasteiger partial charge in [0.2, 0.25) is 0 Å². The second-order valence-electron chi connectivity index (χ2n) is 14.4.